The van der Waals surface area contributed by atoms with Crippen LogP contribution >= 0.6 is 0 Å². The van der Waals surface area contributed by atoms with Gasteiger partial charge in [0.2, 0.25) is 5.91 Å². The van der Waals surface area contributed by atoms with Gasteiger partial charge in [-0.15, -0.1) is 0 Å². The Morgan fingerprint density at radius 2 is 1.95 bits per heavy atom. The monoisotopic (exact) mass is 304 g/mol. The first-order valence-electron chi connectivity index (χ1n) is 8.30. The van der Waals surface area contributed by atoms with Gasteiger partial charge in [-0.3, -0.25) is 4.79 Å². The topological polar surface area (TPSA) is 41.1 Å². The summed E-state index contributed by atoms with van der Waals surface area (Å²) >= 11 is 0. The molecule has 2 aliphatic rings. The third-order valence-electron chi connectivity index (χ3n) is 4.99. The summed E-state index contributed by atoms with van der Waals surface area (Å²) in [7, 11) is 0. The van der Waals surface area contributed by atoms with Gasteiger partial charge in [0, 0.05) is 31.5 Å². The second-order valence-corrected chi connectivity index (χ2v) is 6.87. The number of halogens is 1. The predicted molar refractivity (Wildman–Crippen MR) is 85.5 cm³/mol. The van der Waals surface area contributed by atoms with Crippen molar-refractivity contribution in [1.82, 2.24) is 10.6 Å². The van der Waals surface area contributed by atoms with Crippen molar-refractivity contribution >= 4 is 5.91 Å². The number of nitrogens with one attached hydrogen (secondary N) is 2. The standard InChI is InChI=1S/C18H25FN2O/c1-13(22)21-15-7-9-18(19,10-8-15)12-20-17-11-16(17)14-5-3-2-4-6-14/h2-6,15-17,20H,7-12H2,1H3,(H,21,22). The van der Waals surface area contributed by atoms with Crippen molar-refractivity contribution in [2.75, 3.05) is 6.54 Å². The normalized spacial score (nSPS) is 34.2. The van der Waals surface area contributed by atoms with Crippen LogP contribution < -0.4 is 10.6 Å². The fraction of sp³-hybridized carbons (Fsp3) is 0.611. The Balaban J connectivity index is 1.42. The Morgan fingerprint density at radius 3 is 2.59 bits per heavy atom. The minimum absolute atomic E-state index is 0.0156. The maximum atomic E-state index is 14.8. The summed E-state index contributed by atoms with van der Waals surface area (Å²) < 4.78 is 14.8. The van der Waals surface area contributed by atoms with E-state index < -0.39 is 5.67 Å². The molecule has 2 aliphatic carbocycles. The quantitative estimate of drug-likeness (QED) is 0.878. The number of hydrogen-bond donors (Lipinski definition) is 2. The van der Waals surface area contributed by atoms with Gasteiger partial charge in [-0.25, -0.2) is 4.39 Å². The highest BCUT2D eigenvalue weighted by Gasteiger charge is 2.41. The zero-order chi connectivity index (χ0) is 15.6. The Hall–Kier alpha value is -1.42. The SMILES string of the molecule is CC(=O)NC1CCC(F)(CNC2CC2c2ccccc2)CC1. The van der Waals surface area contributed by atoms with Crippen LogP contribution in [-0.4, -0.2) is 30.2 Å². The van der Waals surface area contributed by atoms with E-state index in [0.29, 0.717) is 31.3 Å². The van der Waals surface area contributed by atoms with Gasteiger partial charge in [-0.1, -0.05) is 30.3 Å². The molecule has 2 saturated carbocycles. The van der Waals surface area contributed by atoms with E-state index in [1.807, 2.05) is 6.07 Å². The minimum Gasteiger partial charge on any atom is -0.354 e. The maximum Gasteiger partial charge on any atom is 0.217 e. The van der Waals surface area contributed by atoms with Gasteiger partial charge >= 0.3 is 0 Å². The van der Waals surface area contributed by atoms with E-state index in [2.05, 4.69) is 34.9 Å². The van der Waals surface area contributed by atoms with Crippen LogP contribution in [0.15, 0.2) is 30.3 Å². The third-order valence-corrected chi connectivity index (χ3v) is 4.99. The number of alkyl halides is 1. The van der Waals surface area contributed by atoms with Crippen molar-refractivity contribution < 1.29 is 9.18 Å². The van der Waals surface area contributed by atoms with Crippen molar-refractivity contribution in [1.29, 1.82) is 0 Å². The molecule has 22 heavy (non-hydrogen) atoms. The van der Waals surface area contributed by atoms with Gasteiger partial charge in [0.25, 0.3) is 0 Å². The van der Waals surface area contributed by atoms with E-state index in [1.54, 1.807) is 0 Å². The zero-order valence-corrected chi connectivity index (χ0v) is 13.1. The second-order valence-electron chi connectivity index (χ2n) is 6.87. The number of carbonyl (C=O) groups excluding carboxylic acids is 1. The molecule has 0 aromatic heterocycles. The molecule has 0 bridgehead atoms. The lowest BCUT2D eigenvalue weighted by Gasteiger charge is -2.34. The summed E-state index contributed by atoms with van der Waals surface area (Å²) in [6.07, 6.45) is 3.66. The van der Waals surface area contributed by atoms with Crippen LogP contribution in [0.1, 0.15) is 50.5 Å². The predicted octanol–water partition coefficient (Wildman–Crippen LogP) is 2.92. The fourth-order valence-corrected chi connectivity index (χ4v) is 3.55. The molecule has 2 atom stereocenters. The van der Waals surface area contributed by atoms with E-state index in [0.717, 1.165) is 19.3 Å². The van der Waals surface area contributed by atoms with Crippen LogP contribution in [-0.2, 0) is 4.79 Å². The van der Waals surface area contributed by atoms with Crippen molar-refractivity contribution in [3.63, 3.8) is 0 Å². The largest absolute Gasteiger partial charge is 0.354 e. The summed E-state index contributed by atoms with van der Waals surface area (Å²) in [4.78, 5) is 11.1. The first-order chi connectivity index (χ1) is 10.6. The average molecular weight is 304 g/mol. The van der Waals surface area contributed by atoms with Gasteiger partial charge in [-0.2, -0.15) is 0 Å². The van der Waals surface area contributed by atoms with Gasteiger partial charge in [-0.05, 0) is 37.7 Å². The van der Waals surface area contributed by atoms with Crippen molar-refractivity contribution in [3.05, 3.63) is 35.9 Å². The van der Waals surface area contributed by atoms with E-state index >= 15 is 0 Å². The molecular weight excluding hydrogens is 279 g/mol. The zero-order valence-electron chi connectivity index (χ0n) is 13.1. The molecule has 4 heteroatoms. The number of carbonyl (C=O) groups is 1. The number of rotatable bonds is 5. The van der Waals surface area contributed by atoms with E-state index in [9.17, 15) is 9.18 Å². The van der Waals surface area contributed by atoms with Crippen LogP contribution in [0.25, 0.3) is 0 Å². The van der Waals surface area contributed by atoms with Crippen molar-refractivity contribution in [3.8, 4) is 0 Å². The lowest BCUT2D eigenvalue weighted by atomic mass is 9.83. The summed E-state index contributed by atoms with van der Waals surface area (Å²) in [5, 5.41) is 6.31. The summed E-state index contributed by atoms with van der Waals surface area (Å²) in [6.45, 7) is 1.96. The molecule has 3 nitrogen and oxygen atoms in total. The molecule has 3 rings (SSSR count). The van der Waals surface area contributed by atoms with Gasteiger partial charge in [0.15, 0.2) is 0 Å². The van der Waals surface area contributed by atoms with Gasteiger partial charge in [0.1, 0.15) is 5.67 Å². The van der Waals surface area contributed by atoms with E-state index in [-0.39, 0.29) is 11.9 Å². The highest BCUT2D eigenvalue weighted by atomic mass is 19.1. The Labute approximate surface area is 131 Å². The summed E-state index contributed by atoms with van der Waals surface area (Å²) in [5.41, 5.74) is 0.237. The molecule has 1 aromatic carbocycles. The van der Waals surface area contributed by atoms with Crippen molar-refractivity contribution in [2.24, 2.45) is 0 Å². The lowest BCUT2D eigenvalue weighted by Crippen LogP contribution is -2.45. The second kappa shape index (κ2) is 6.37. The highest BCUT2D eigenvalue weighted by molar-refractivity contribution is 5.73. The molecule has 2 fully saturated rings. The van der Waals surface area contributed by atoms with Gasteiger partial charge in [0.05, 0.1) is 0 Å². The van der Waals surface area contributed by atoms with E-state index in [4.69, 9.17) is 0 Å². The molecule has 1 aromatic rings. The van der Waals surface area contributed by atoms with Crippen LogP contribution in [0.4, 0.5) is 4.39 Å². The van der Waals surface area contributed by atoms with Gasteiger partial charge < -0.3 is 10.6 Å². The number of hydrogen-bond acceptors (Lipinski definition) is 2. The molecule has 1 amide bonds. The Bertz CT molecular complexity index is 511. The first-order valence-corrected chi connectivity index (χ1v) is 8.30. The highest BCUT2D eigenvalue weighted by Crippen LogP contribution is 2.41. The summed E-state index contributed by atoms with van der Waals surface area (Å²) in [6, 6.07) is 11.0. The molecule has 0 aliphatic heterocycles. The maximum absolute atomic E-state index is 14.8. The number of amides is 1. The molecule has 0 radical (unpaired) electrons. The smallest absolute Gasteiger partial charge is 0.217 e. The van der Waals surface area contributed by atoms with Crippen LogP contribution in [0.3, 0.4) is 0 Å². The lowest BCUT2D eigenvalue weighted by molar-refractivity contribution is -0.120. The van der Waals surface area contributed by atoms with E-state index in [1.165, 1.54) is 12.5 Å². The van der Waals surface area contributed by atoms with Crippen LogP contribution in [0.2, 0.25) is 0 Å². The molecule has 2 N–H and O–H groups in total. The minimum atomic E-state index is -1.11. The Kier molecular flexibility index (Phi) is 4.48. The molecule has 0 spiro atoms. The number of benzene rings is 1. The molecule has 0 saturated heterocycles. The molecule has 120 valence electrons. The summed E-state index contributed by atoms with van der Waals surface area (Å²) in [5.74, 6) is 0.527. The third kappa shape index (κ3) is 3.86. The van der Waals surface area contributed by atoms with Crippen molar-refractivity contribution in [2.45, 2.75) is 62.7 Å². The Morgan fingerprint density at radius 1 is 1.27 bits per heavy atom. The molecule has 2 unspecified atom stereocenters. The molecular formula is C18H25FN2O. The molecule has 0 heterocycles. The van der Waals surface area contributed by atoms with Crippen LogP contribution in [0.5, 0.6) is 0 Å². The first kappa shape index (κ1) is 15.5. The fourth-order valence-electron chi connectivity index (χ4n) is 3.55. The average Bonchev–Trinajstić information content (AvgIpc) is 3.28. The van der Waals surface area contributed by atoms with Crippen LogP contribution in [0, 0.1) is 0 Å².